The molecule has 20 heavy (non-hydrogen) atoms. The highest BCUT2D eigenvalue weighted by atomic mass is 16.5. The average molecular weight is 270 g/mol. The molecule has 0 saturated carbocycles. The second-order valence-electron chi connectivity index (χ2n) is 4.96. The summed E-state index contributed by atoms with van der Waals surface area (Å²) in [6.07, 6.45) is 1.49. The summed E-state index contributed by atoms with van der Waals surface area (Å²) in [6, 6.07) is 7.66. The molecule has 104 valence electrons. The van der Waals surface area contributed by atoms with Gasteiger partial charge < -0.3 is 10.5 Å². The van der Waals surface area contributed by atoms with Crippen molar-refractivity contribution < 1.29 is 4.74 Å². The summed E-state index contributed by atoms with van der Waals surface area (Å²) in [4.78, 5) is 0. The highest BCUT2D eigenvalue weighted by Crippen LogP contribution is 2.31. The first kappa shape index (κ1) is 14.0. The van der Waals surface area contributed by atoms with Crippen molar-refractivity contribution in [2.24, 2.45) is 5.73 Å². The van der Waals surface area contributed by atoms with Crippen LogP contribution in [0.3, 0.4) is 0 Å². The second kappa shape index (κ2) is 5.69. The van der Waals surface area contributed by atoms with Crippen LogP contribution in [0.25, 0.3) is 0 Å². The number of nitrogens with one attached hydrogen (secondary N) is 1. The van der Waals surface area contributed by atoms with Crippen LogP contribution in [-0.4, -0.2) is 16.0 Å². The number of rotatable bonds is 4. The number of ether oxygens (including phenoxy) is 1. The Morgan fingerprint density at radius 2 is 2.05 bits per heavy atom. The van der Waals surface area contributed by atoms with Gasteiger partial charge in [-0.25, -0.2) is 0 Å². The molecule has 0 fully saturated rings. The highest BCUT2D eigenvalue weighted by molar-refractivity contribution is 5.96. The summed E-state index contributed by atoms with van der Waals surface area (Å²) >= 11 is 0. The number of nitrogens with zero attached hydrogens (tertiary/aromatic N) is 2. The number of aromatic nitrogens is 2. The Kier molecular flexibility index (Phi) is 3.98. The fraction of sp³-hybridized carbons (Fsp3) is 0.267. The maximum Gasteiger partial charge on any atom is 0.249 e. The van der Waals surface area contributed by atoms with Crippen molar-refractivity contribution in [2.45, 2.75) is 26.7 Å². The zero-order chi connectivity index (χ0) is 14.7. The molecule has 0 atom stereocenters. The Labute approximate surface area is 118 Å². The highest BCUT2D eigenvalue weighted by Gasteiger charge is 2.14. The lowest BCUT2D eigenvalue weighted by molar-refractivity contribution is 0.445. The van der Waals surface area contributed by atoms with Crippen molar-refractivity contribution in [1.29, 1.82) is 5.41 Å². The van der Waals surface area contributed by atoms with E-state index >= 15 is 0 Å². The number of nitrogens with two attached hydrogens (primary N) is 1. The van der Waals surface area contributed by atoms with Crippen LogP contribution >= 0.6 is 0 Å². The lowest BCUT2D eigenvalue weighted by Gasteiger charge is -2.15. The molecule has 0 bridgehead atoms. The predicted molar refractivity (Wildman–Crippen MR) is 78.4 cm³/mol. The standard InChI is InChI=1S/C15H18N4O/c1-9(2)11-5-4-10(3)8-13(11)20-15-12(14(16)17)6-7-18-19-15/h4-9H,1-3H3,(H3,16,17). The molecule has 0 aliphatic carbocycles. The Morgan fingerprint density at radius 1 is 1.30 bits per heavy atom. The van der Waals surface area contributed by atoms with Gasteiger partial charge >= 0.3 is 0 Å². The summed E-state index contributed by atoms with van der Waals surface area (Å²) < 4.78 is 5.85. The minimum absolute atomic E-state index is 0.0892. The van der Waals surface area contributed by atoms with Gasteiger partial charge in [0.25, 0.3) is 0 Å². The van der Waals surface area contributed by atoms with E-state index in [2.05, 4.69) is 24.0 Å². The Balaban J connectivity index is 2.45. The monoisotopic (exact) mass is 270 g/mol. The number of aryl methyl sites for hydroxylation is 1. The number of amidine groups is 1. The fourth-order valence-electron chi connectivity index (χ4n) is 1.91. The summed E-state index contributed by atoms with van der Waals surface area (Å²) in [5, 5.41) is 15.3. The zero-order valence-electron chi connectivity index (χ0n) is 11.8. The van der Waals surface area contributed by atoms with Crippen molar-refractivity contribution in [3.8, 4) is 11.6 Å². The van der Waals surface area contributed by atoms with Crippen LogP contribution in [0, 0.1) is 12.3 Å². The third-order valence-electron chi connectivity index (χ3n) is 2.97. The average Bonchev–Trinajstić information content (AvgIpc) is 2.38. The van der Waals surface area contributed by atoms with E-state index in [4.69, 9.17) is 15.9 Å². The number of hydrogen-bond acceptors (Lipinski definition) is 4. The molecule has 0 aliphatic rings. The van der Waals surface area contributed by atoms with Gasteiger partial charge in [0.1, 0.15) is 11.6 Å². The van der Waals surface area contributed by atoms with E-state index in [1.165, 1.54) is 6.20 Å². The zero-order valence-corrected chi connectivity index (χ0v) is 11.8. The topological polar surface area (TPSA) is 84.9 Å². The van der Waals surface area contributed by atoms with E-state index in [1.807, 2.05) is 25.1 Å². The summed E-state index contributed by atoms with van der Waals surface area (Å²) in [7, 11) is 0. The van der Waals surface area contributed by atoms with Crippen LogP contribution in [0.4, 0.5) is 0 Å². The minimum Gasteiger partial charge on any atom is -0.437 e. The van der Waals surface area contributed by atoms with E-state index in [0.717, 1.165) is 16.9 Å². The van der Waals surface area contributed by atoms with Crippen molar-refractivity contribution in [3.05, 3.63) is 47.2 Å². The van der Waals surface area contributed by atoms with Gasteiger partial charge in [0.05, 0.1) is 11.8 Å². The quantitative estimate of drug-likeness (QED) is 0.660. The first-order chi connectivity index (χ1) is 9.49. The van der Waals surface area contributed by atoms with Gasteiger partial charge in [-0.15, -0.1) is 5.10 Å². The molecule has 1 heterocycles. The molecule has 0 saturated heterocycles. The number of nitrogen functional groups attached to an aromatic ring is 1. The van der Waals surface area contributed by atoms with E-state index in [1.54, 1.807) is 6.07 Å². The van der Waals surface area contributed by atoms with Crippen molar-refractivity contribution in [2.75, 3.05) is 0 Å². The smallest absolute Gasteiger partial charge is 0.249 e. The second-order valence-corrected chi connectivity index (χ2v) is 4.96. The molecule has 0 unspecified atom stereocenters. The predicted octanol–water partition coefficient (Wildman–Crippen LogP) is 2.98. The van der Waals surface area contributed by atoms with Gasteiger partial charge in [-0.1, -0.05) is 26.0 Å². The Bertz CT molecular complexity index is 638. The molecule has 5 nitrogen and oxygen atoms in total. The summed E-state index contributed by atoms with van der Waals surface area (Å²) in [5.74, 6) is 1.21. The van der Waals surface area contributed by atoms with Crippen LogP contribution in [0.2, 0.25) is 0 Å². The molecule has 0 spiro atoms. The lowest BCUT2D eigenvalue weighted by atomic mass is 10.0. The largest absolute Gasteiger partial charge is 0.437 e. The molecule has 1 aromatic heterocycles. The van der Waals surface area contributed by atoms with Gasteiger partial charge in [0.2, 0.25) is 5.88 Å². The molecule has 5 heteroatoms. The first-order valence-corrected chi connectivity index (χ1v) is 6.43. The molecule has 3 N–H and O–H groups in total. The third kappa shape index (κ3) is 2.93. The number of hydrogen-bond donors (Lipinski definition) is 2. The van der Waals surface area contributed by atoms with Crippen molar-refractivity contribution in [1.82, 2.24) is 10.2 Å². The van der Waals surface area contributed by atoms with Gasteiger partial charge in [0.15, 0.2) is 0 Å². The Hall–Kier alpha value is -2.43. The maximum atomic E-state index is 7.55. The number of benzene rings is 1. The normalized spacial score (nSPS) is 10.6. The minimum atomic E-state index is -0.0892. The van der Waals surface area contributed by atoms with Crippen molar-refractivity contribution >= 4 is 5.84 Å². The van der Waals surface area contributed by atoms with Crippen molar-refractivity contribution in [3.63, 3.8) is 0 Å². The van der Waals surface area contributed by atoms with Crippen LogP contribution in [-0.2, 0) is 0 Å². The van der Waals surface area contributed by atoms with Gasteiger partial charge in [-0.3, -0.25) is 5.41 Å². The Morgan fingerprint density at radius 3 is 2.70 bits per heavy atom. The van der Waals surface area contributed by atoms with E-state index in [-0.39, 0.29) is 11.7 Å². The molecule has 0 radical (unpaired) electrons. The van der Waals surface area contributed by atoms with E-state index < -0.39 is 0 Å². The van der Waals surface area contributed by atoms with Gasteiger partial charge in [0, 0.05) is 0 Å². The molecule has 2 rings (SSSR count). The molecule has 1 aromatic carbocycles. The molecule has 0 amide bonds. The van der Waals surface area contributed by atoms with E-state index in [9.17, 15) is 0 Å². The SMILES string of the molecule is Cc1ccc(C(C)C)c(Oc2nnccc2C(=N)N)c1. The molecule has 0 aliphatic heterocycles. The molecule has 2 aromatic rings. The third-order valence-corrected chi connectivity index (χ3v) is 2.97. The molecular formula is C15H18N4O. The lowest BCUT2D eigenvalue weighted by Crippen LogP contribution is -2.13. The van der Waals surface area contributed by atoms with Crippen LogP contribution < -0.4 is 10.5 Å². The molecular weight excluding hydrogens is 252 g/mol. The van der Waals surface area contributed by atoms with Gasteiger partial charge in [-0.05, 0) is 36.1 Å². The van der Waals surface area contributed by atoms with Gasteiger partial charge in [-0.2, -0.15) is 5.10 Å². The summed E-state index contributed by atoms with van der Waals surface area (Å²) in [5.41, 5.74) is 8.15. The van der Waals surface area contributed by atoms with Crippen LogP contribution in [0.5, 0.6) is 11.6 Å². The summed E-state index contributed by atoms with van der Waals surface area (Å²) in [6.45, 7) is 6.19. The van der Waals surface area contributed by atoms with E-state index in [0.29, 0.717) is 11.5 Å². The first-order valence-electron chi connectivity index (χ1n) is 6.43. The maximum absolute atomic E-state index is 7.55. The van der Waals surface area contributed by atoms with Crippen LogP contribution in [0.15, 0.2) is 30.5 Å². The fourth-order valence-corrected chi connectivity index (χ4v) is 1.91. The van der Waals surface area contributed by atoms with Crippen LogP contribution in [0.1, 0.15) is 36.5 Å².